The first kappa shape index (κ1) is 21.0. The monoisotopic (exact) mass is 417 g/mol. The third-order valence-corrected chi connectivity index (χ3v) is 14.0. The lowest BCUT2D eigenvalue weighted by Gasteiger charge is -2.44. The van der Waals surface area contributed by atoms with Crippen LogP contribution in [0.15, 0.2) is 30.3 Å². The van der Waals surface area contributed by atoms with E-state index in [4.69, 9.17) is 0 Å². The summed E-state index contributed by atoms with van der Waals surface area (Å²) < 4.78 is 13.5. The molecule has 4 rings (SSSR count). The Balaban J connectivity index is 1.54. The maximum absolute atomic E-state index is 13.5. The molecule has 1 aromatic carbocycles. The fraction of sp³-hybridized carbons (Fsp3) is 0.760. The third-order valence-electron chi connectivity index (χ3n) is 7.93. The SMILES string of the molecule is C[C@H]([C@@H]1CCC[C@@H]1[P+](=O)c1ccccc1)P(C1CCCCC1)C1CCCCC1. The lowest BCUT2D eigenvalue weighted by Crippen LogP contribution is -2.32. The van der Waals surface area contributed by atoms with Crippen molar-refractivity contribution in [2.75, 3.05) is 0 Å². The molecule has 0 saturated heterocycles. The molecule has 0 spiro atoms. The van der Waals surface area contributed by atoms with Crippen molar-refractivity contribution in [3.63, 3.8) is 0 Å². The van der Waals surface area contributed by atoms with Gasteiger partial charge >= 0.3 is 7.80 Å². The van der Waals surface area contributed by atoms with Gasteiger partial charge in [0.2, 0.25) is 0 Å². The van der Waals surface area contributed by atoms with Crippen LogP contribution in [0.25, 0.3) is 0 Å². The predicted octanol–water partition coefficient (Wildman–Crippen LogP) is 7.84. The van der Waals surface area contributed by atoms with Crippen LogP contribution >= 0.6 is 15.7 Å². The van der Waals surface area contributed by atoms with Crippen LogP contribution in [0.5, 0.6) is 0 Å². The van der Waals surface area contributed by atoms with Crippen molar-refractivity contribution in [2.45, 2.75) is 113 Å². The van der Waals surface area contributed by atoms with E-state index in [1.165, 1.54) is 83.5 Å². The van der Waals surface area contributed by atoms with Crippen molar-refractivity contribution in [1.29, 1.82) is 0 Å². The van der Waals surface area contributed by atoms with Crippen LogP contribution in [0.3, 0.4) is 0 Å². The second-order valence-electron chi connectivity index (χ2n) is 9.59. The Bertz CT molecular complexity index is 601. The van der Waals surface area contributed by atoms with Crippen molar-refractivity contribution in [1.82, 2.24) is 0 Å². The van der Waals surface area contributed by atoms with Gasteiger partial charge in [-0.2, -0.15) is 0 Å². The molecule has 28 heavy (non-hydrogen) atoms. The normalized spacial score (nSPS) is 29.1. The Morgan fingerprint density at radius 1 is 0.786 bits per heavy atom. The number of rotatable bonds is 6. The fourth-order valence-corrected chi connectivity index (χ4v) is 13.3. The van der Waals surface area contributed by atoms with Crippen molar-refractivity contribution < 1.29 is 4.57 Å². The summed E-state index contributed by atoms with van der Waals surface area (Å²) in [6.45, 7) is 2.60. The summed E-state index contributed by atoms with van der Waals surface area (Å²) in [5.41, 5.74) is 3.27. The Labute approximate surface area is 175 Å². The van der Waals surface area contributed by atoms with Crippen LogP contribution in [0.4, 0.5) is 0 Å². The van der Waals surface area contributed by atoms with Gasteiger partial charge in [-0.15, -0.1) is 0 Å². The molecule has 1 aromatic rings. The number of hydrogen-bond donors (Lipinski definition) is 0. The summed E-state index contributed by atoms with van der Waals surface area (Å²) in [4.78, 5) is 0. The van der Waals surface area contributed by atoms with Crippen LogP contribution in [-0.2, 0) is 4.57 Å². The summed E-state index contributed by atoms with van der Waals surface area (Å²) in [6, 6.07) is 10.4. The minimum absolute atomic E-state index is 0.0820. The van der Waals surface area contributed by atoms with Crippen molar-refractivity contribution in [3.8, 4) is 0 Å². The molecule has 0 radical (unpaired) electrons. The average molecular weight is 418 g/mol. The van der Waals surface area contributed by atoms with E-state index in [-0.39, 0.29) is 7.92 Å². The second-order valence-corrected chi connectivity index (χ2v) is 14.6. The molecule has 154 valence electrons. The average Bonchev–Trinajstić information content (AvgIpc) is 3.25. The summed E-state index contributed by atoms with van der Waals surface area (Å²) in [5, 5.41) is 1.10. The number of benzene rings is 1. The van der Waals surface area contributed by atoms with Gasteiger partial charge in [-0.1, -0.05) is 76.1 Å². The van der Waals surface area contributed by atoms with E-state index >= 15 is 0 Å². The molecule has 0 amide bonds. The third kappa shape index (κ3) is 4.73. The first-order chi connectivity index (χ1) is 13.8. The highest BCUT2D eigenvalue weighted by molar-refractivity contribution is 7.60. The lowest BCUT2D eigenvalue weighted by atomic mass is 9.99. The quantitative estimate of drug-likeness (QED) is 0.431. The molecule has 3 aliphatic rings. The Morgan fingerprint density at radius 2 is 1.36 bits per heavy atom. The summed E-state index contributed by atoms with van der Waals surface area (Å²) >= 11 is 0. The van der Waals surface area contributed by atoms with Gasteiger partial charge in [0.15, 0.2) is 11.0 Å². The highest BCUT2D eigenvalue weighted by atomic mass is 31.1. The van der Waals surface area contributed by atoms with Crippen molar-refractivity contribution in [3.05, 3.63) is 30.3 Å². The van der Waals surface area contributed by atoms with Gasteiger partial charge in [0.25, 0.3) is 0 Å². The van der Waals surface area contributed by atoms with E-state index < -0.39 is 7.80 Å². The van der Waals surface area contributed by atoms with Gasteiger partial charge in [0, 0.05) is 5.92 Å². The molecule has 1 nitrogen and oxygen atoms in total. The zero-order valence-electron chi connectivity index (χ0n) is 17.8. The summed E-state index contributed by atoms with van der Waals surface area (Å²) in [5.74, 6) is 0.707. The molecule has 0 aliphatic heterocycles. The number of hydrogen-bond acceptors (Lipinski definition) is 1. The Kier molecular flexibility index (Phi) is 7.63. The predicted molar refractivity (Wildman–Crippen MR) is 125 cm³/mol. The molecule has 0 N–H and O–H groups in total. The standard InChI is InChI=1S/C25H39OP2/c1-20(24-18-11-19-25(24)28(26)23-16-9-4-10-17-23)27(21-12-5-2-6-13-21)22-14-7-3-8-15-22/h4,9-10,16-17,20-22,24-25H,2-3,5-8,11-15,18-19H2,1H3/q+1/t20-,24+,25+/m1/s1. The largest absolute Gasteiger partial charge is 0.380 e. The topological polar surface area (TPSA) is 17.1 Å². The minimum Gasteiger partial charge on any atom is -0.0970 e. The lowest BCUT2D eigenvalue weighted by molar-refractivity contribution is 0.464. The van der Waals surface area contributed by atoms with Gasteiger partial charge in [-0.05, 0) is 74.1 Å². The molecular formula is C25H39OP2+. The molecule has 3 fully saturated rings. The maximum Gasteiger partial charge on any atom is 0.380 e. The van der Waals surface area contributed by atoms with Gasteiger partial charge in [0.05, 0.1) is 0 Å². The van der Waals surface area contributed by atoms with Crippen LogP contribution in [0.2, 0.25) is 0 Å². The molecule has 0 aromatic heterocycles. The smallest absolute Gasteiger partial charge is 0.0970 e. The van der Waals surface area contributed by atoms with Crippen LogP contribution in [0, 0.1) is 5.92 Å². The Hall–Kier alpha value is -0.250. The fourth-order valence-electron chi connectivity index (χ4n) is 6.53. The van der Waals surface area contributed by atoms with Gasteiger partial charge < -0.3 is 0 Å². The van der Waals surface area contributed by atoms with E-state index in [1.807, 2.05) is 6.07 Å². The second kappa shape index (κ2) is 10.2. The molecular weight excluding hydrogens is 378 g/mol. The Morgan fingerprint density at radius 3 is 1.93 bits per heavy atom. The molecule has 0 heterocycles. The van der Waals surface area contributed by atoms with Gasteiger partial charge in [-0.3, -0.25) is 0 Å². The van der Waals surface area contributed by atoms with E-state index in [9.17, 15) is 4.57 Å². The highest BCUT2D eigenvalue weighted by Crippen LogP contribution is 2.63. The maximum atomic E-state index is 13.5. The summed E-state index contributed by atoms with van der Waals surface area (Å²) in [6.07, 6.45) is 18.6. The zero-order valence-corrected chi connectivity index (χ0v) is 19.6. The molecule has 3 saturated carbocycles. The van der Waals surface area contributed by atoms with Crippen molar-refractivity contribution in [2.24, 2.45) is 5.92 Å². The minimum atomic E-state index is -1.25. The van der Waals surface area contributed by atoms with Crippen LogP contribution in [-0.4, -0.2) is 22.6 Å². The van der Waals surface area contributed by atoms with E-state index in [2.05, 4.69) is 31.2 Å². The first-order valence-electron chi connectivity index (χ1n) is 12.0. The summed E-state index contributed by atoms with van der Waals surface area (Å²) in [7, 11) is -1.17. The molecule has 3 heteroatoms. The van der Waals surface area contributed by atoms with Crippen LogP contribution < -0.4 is 5.30 Å². The van der Waals surface area contributed by atoms with E-state index in [1.54, 1.807) is 0 Å². The van der Waals surface area contributed by atoms with Crippen LogP contribution in [0.1, 0.15) is 90.4 Å². The van der Waals surface area contributed by atoms with E-state index in [0.29, 0.717) is 11.6 Å². The molecule has 0 bridgehead atoms. The van der Waals surface area contributed by atoms with Crippen molar-refractivity contribution >= 4 is 21.0 Å². The van der Waals surface area contributed by atoms with Gasteiger partial charge in [0.1, 0.15) is 0 Å². The highest BCUT2D eigenvalue weighted by Gasteiger charge is 2.48. The van der Waals surface area contributed by atoms with E-state index in [0.717, 1.165) is 22.3 Å². The molecule has 4 atom stereocenters. The first-order valence-corrected chi connectivity index (χ1v) is 14.9. The zero-order chi connectivity index (χ0) is 19.3. The molecule has 3 aliphatic carbocycles. The van der Waals surface area contributed by atoms with Gasteiger partial charge in [-0.25, -0.2) is 0 Å². The molecule has 1 unspecified atom stereocenters.